The summed E-state index contributed by atoms with van der Waals surface area (Å²) >= 11 is 0. The van der Waals surface area contributed by atoms with Crippen molar-refractivity contribution in [1.29, 1.82) is 0 Å². The third kappa shape index (κ3) is 5.69. The summed E-state index contributed by atoms with van der Waals surface area (Å²) in [4.78, 5) is 23.5. The first-order valence-corrected chi connectivity index (χ1v) is 8.29. The van der Waals surface area contributed by atoms with Crippen molar-refractivity contribution >= 4 is 17.3 Å². The Morgan fingerprint density at radius 2 is 1.88 bits per heavy atom. The summed E-state index contributed by atoms with van der Waals surface area (Å²) in [6.07, 6.45) is 0. The Balaban J connectivity index is 1.89. The maximum atomic E-state index is 12.1. The fraction of sp³-hybridized carbons (Fsp3) is 0.316. The maximum Gasteiger partial charge on any atom is 0.279 e. The van der Waals surface area contributed by atoms with E-state index in [1.54, 1.807) is 12.1 Å². The van der Waals surface area contributed by atoms with Crippen molar-refractivity contribution < 1.29 is 14.6 Å². The van der Waals surface area contributed by atoms with Crippen LogP contribution in [0.15, 0.2) is 48.5 Å². The van der Waals surface area contributed by atoms with Gasteiger partial charge in [-0.05, 0) is 17.5 Å². The minimum atomic E-state index is -0.478. The number of non-ortho nitro benzene ring substituents is 1. The quantitative estimate of drug-likeness (QED) is 0.599. The number of anilines is 1. The topological polar surface area (TPSA) is 76.7 Å². The van der Waals surface area contributed by atoms with Gasteiger partial charge in [-0.1, -0.05) is 44.2 Å². The zero-order chi connectivity index (χ0) is 18.4. The van der Waals surface area contributed by atoms with Gasteiger partial charge in [-0.25, -0.2) is 0 Å². The number of hydrogen-bond donors (Lipinski definition) is 2. The van der Waals surface area contributed by atoms with Crippen LogP contribution in [0.1, 0.15) is 30.9 Å². The molecule has 1 amide bonds. The second-order valence-electron chi connectivity index (χ2n) is 6.56. The van der Waals surface area contributed by atoms with Crippen LogP contribution in [-0.2, 0) is 11.3 Å². The molecule has 2 aromatic rings. The Hall–Kier alpha value is -2.73. The molecule has 6 heteroatoms. The molecule has 2 N–H and O–H groups in total. The highest BCUT2D eigenvalue weighted by atomic mass is 16.6. The molecule has 0 saturated carbocycles. The van der Waals surface area contributed by atoms with Crippen molar-refractivity contribution in [2.75, 3.05) is 18.9 Å². The zero-order valence-corrected chi connectivity index (χ0v) is 14.8. The van der Waals surface area contributed by atoms with Crippen LogP contribution in [-0.4, -0.2) is 24.4 Å². The zero-order valence-electron chi connectivity index (χ0n) is 14.8. The van der Waals surface area contributed by atoms with Gasteiger partial charge in [-0.3, -0.25) is 14.9 Å². The molecule has 0 saturated heterocycles. The molecule has 0 spiro atoms. The van der Waals surface area contributed by atoms with E-state index >= 15 is 0 Å². The second-order valence-corrected chi connectivity index (χ2v) is 6.56. The van der Waals surface area contributed by atoms with Gasteiger partial charge in [0.05, 0.1) is 12.0 Å². The van der Waals surface area contributed by atoms with Gasteiger partial charge in [0, 0.05) is 23.4 Å². The third-order valence-electron chi connectivity index (χ3n) is 3.96. The first-order chi connectivity index (χ1) is 11.8. The number of nitrogens with one attached hydrogen (secondary N) is 2. The summed E-state index contributed by atoms with van der Waals surface area (Å²) in [6.45, 7) is 5.34. The molecule has 0 aromatic heterocycles. The van der Waals surface area contributed by atoms with Gasteiger partial charge in [-0.15, -0.1) is 0 Å². The molecule has 1 atom stereocenters. The van der Waals surface area contributed by atoms with E-state index in [1.807, 2.05) is 7.05 Å². The average molecular weight is 342 g/mol. The SMILES string of the molecule is CC(C)c1ccc(C[NH+](C)CC(=O)Nc2cccc([N+](=O)[O-])c2)cc1. The van der Waals surface area contributed by atoms with Crippen LogP contribution in [0.3, 0.4) is 0 Å². The predicted octanol–water partition coefficient (Wildman–Crippen LogP) is 2.37. The van der Waals surface area contributed by atoms with Crippen molar-refractivity contribution in [3.8, 4) is 0 Å². The summed E-state index contributed by atoms with van der Waals surface area (Å²) < 4.78 is 0. The number of carbonyl (C=O) groups excluding carboxylic acids is 1. The molecule has 2 aromatic carbocycles. The number of nitro benzene ring substituents is 1. The lowest BCUT2D eigenvalue weighted by Crippen LogP contribution is -3.08. The predicted molar refractivity (Wildman–Crippen MR) is 97.7 cm³/mol. The van der Waals surface area contributed by atoms with Gasteiger partial charge in [-0.2, -0.15) is 0 Å². The standard InChI is InChI=1S/C19H23N3O3/c1-14(2)16-9-7-15(8-10-16)12-21(3)13-19(23)20-17-5-4-6-18(11-17)22(24)25/h4-11,14H,12-13H2,1-3H3,(H,20,23)/p+1. The van der Waals surface area contributed by atoms with Crippen LogP contribution in [0.5, 0.6) is 0 Å². The number of hydrogen-bond acceptors (Lipinski definition) is 3. The molecule has 6 nitrogen and oxygen atoms in total. The highest BCUT2D eigenvalue weighted by molar-refractivity contribution is 5.91. The summed E-state index contributed by atoms with van der Waals surface area (Å²) in [5, 5.41) is 13.5. The largest absolute Gasteiger partial charge is 0.326 e. The lowest BCUT2D eigenvalue weighted by atomic mass is 10.0. The summed E-state index contributed by atoms with van der Waals surface area (Å²) in [5.41, 5.74) is 2.87. The van der Waals surface area contributed by atoms with E-state index in [0.29, 0.717) is 11.6 Å². The number of rotatable bonds is 7. The minimum Gasteiger partial charge on any atom is -0.326 e. The van der Waals surface area contributed by atoms with E-state index in [2.05, 4.69) is 43.4 Å². The van der Waals surface area contributed by atoms with Crippen LogP contribution in [0.2, 0.25) is 0 Å². The lowest BCUT2D eigenvalue weighted by molar-refractivity contribution is -0.885. The molecule has 0 radical (unpaired) electrons. The Kier molecular flexibility index (Phi) is 6.25. The highest BCUT2D eigenvalue weighted by Gasteiger charge is 2.13. The smallest absolute Gasteiger partial charge is 0.279 e. The normalized spacial score (nSPS) is 12.0. The van der Waals surface area contributed by atoms with Gasteiger partial charge in [0.25, 0.3) is 11.6 Å². The van der Waals surface area contributed by atoms with Gasteiger partial charge in [0.15, 0.2) is 6.54 Å². The molecule has 1 unspecified atom stereocenters. The molecule has 0 fully saturated rings. The molecule has 132 valence electrons. The van der Waals surface area contributed by atoms with E-state index in [9.17, 15) is 14.9 Å². The molecular weight excluding hydrogens is 318 g/mol. The monoisotopic (exact) mass is 342 g/mol. The van der Waals surface area contributed by atoms with Crippen LogP contribution in [0.25, 0.3) is 0 Å². The third-order valence-corrected chi connectivity index (χ3v) is 3.96. The number of carbonyl (C=O) groups is 1. The number of benzene rings is 2. The fourth-order valence-electron chi connectivity index (χ4n) is 2.61. The van der Waals surface area contributed by atoms with Crippen LogP contribution in [0.4, 0.5) is 11.4 Å². The van der Waals surface area contributed by atoms with Crippen molar-refractivity contribution in [3.05, 3.63) is 69.8 Å². The minimum absolute atomic E-state index is 0.0382. The number of amides is 1. The number of likely N-dealkylation sites (N-methyl/N-ethyl adjacent to an activating group) is 1. The first-order valence-electron chi connectivity index (χ1n) is 8.29. The van der Waals surface area contributed by atoms with Crippen LogP contribution < -0.4 is 10.2 Å². The van der Waals surface area contributed by atoms with E-state index in [4.69, 9.17) is 0 Å². The van der Waals surface area contributed by atoms with Crippen LogP contribution in [0, 0.1) is 10.1 Å². The Labute approximate surface area is 147 Å². The number of quaternary nitrogens is 1. The first kappa shape index (κ1) is 18.6. The van der Waals surface area contributed by atoms with Crippen molar-refractivity contribution in [2.45, 2.75) is 26.3 Å². The molecule has 0 aliphatic rings. The van der Waals surface area contributed by atoms with E-state index in [-0.39, 0.29) is 18.1 Å². The van der Waals surface area contributed by atoms with Gasteiger partial charge in [0.2, 0.25) is 0 Å². The Morgan fingerprint density at radius 1 is 1.20 bits per heavy atom. The lowest BCUT2D eigenvalue weighted by Gasteiger charge is -2.14. The fourth-order valence-corrected chi connectivity index (χ4v) is 2.61. The van der Waals surface area contributed by atoms with Crippen LogP contribution >= 0.6 is 0 Å². The molecule has 2 rings (SSSR count). The van der Waals surface area contributed by atoms with Crippen molar-refractivity contribution in [1.82, 2.24) is 0 Å². The summed E-state index contributed by atoms with van der Waals surface area (Å²) in [5.74, 6) is 0.330. The molecule has 0 heterocycles. The van der Waals surface area contributed by atoms with Gasteiger partial charge in [0.1, 0.15) is 6.54 Å². The maximum absolute atomic E-state index is 12.1. The van der Waals surface area contributed by atoms with E-state index < -0.39 is 4.92 Å². The second kappa shape index (κ2) is 8.39. The molecule has 25 heavy (non-hydrogen) atoms. The summed E-state index contributed by atoms with van der Waals surface area (Å²) in [7, 11) is 1.95. The average Bonchev–Trinajstić information content (AvgIpc) is 2.55. The molecule has 0 aliphatic heterocycles. The number of nitro groups is 1. The Bertz CT molecular complexity index is 742. The molecule has 0 bridgehead atoms. The van der Waals surface area contributed by atoms with Gasteiger partial charge < -0.3 is 10.2 Å². The molecule has 0 aliphatic carbocycles. The van der Waals surface area contributed by atoms with E-state index in [0.717, 1.165) is 11.4 Å². The number of nitrogens with zero attached hydrogens (tertiary/aromatic N) is 1. The molecular formula is C19H24N3O3+. The Morgan fingerprint density at radius 3 is 2.48 bits per heavy atom. The van der Waals surface area contributed by atoms with Gasteiger partial charge >= 0.3 is 0 Å². The van der Waals surface area contributed by atoms with E-state index in [1.165, 1.54) is 23.3 Å². The van der Waals surface area contributed by atoms with Crippen molar-refractivity contribution in [2.24, 2.45) is 0 Å². The highest BCUT2D eigenvalue weighted by Crippen LogP contribution is 2.17. The summed E-state index contributed by atoms with van der Waals surface area (Å²) in [6, 6.07) is 14.4. The van der Waals surface area contributed by atoms with Crippen molar-refractivity contribution in [3.63, 3.8) is 0 Å².